The molecule has 1 rings (SSSR count). The number of hydrogen-bond donors (Lipinski definition) is 1. The number of hydrogen-bond acceptors (Lipinski definition) is 5. The van der Waals surface area contributed by atoms with Gasteiger partial charge in [0.2, 0.25) is 0 Å². The van der Waals surface area contributed by atoms with E-state index in [4.69, 9.17) is 26.8 Å². The molecule has 1 aromatic rings. The molecule has 23 heavy (non-hydrogen) atoms. The van der Waals surface area contributed by atoms with Crippen LogP contribution in [-0.2, 0) is 9.53 Å². The summed E-state index contributed by atoms with van der Waals surface area (Å²) in [5, 5.41) is 0.210. The summed E-state index contributed by atoms with van der Waals surface area (Å²) in [5.41, 5.74) is 6.90. The van der Waals surface area contributed by atoms with E-state index >= 15 is 0 Å². The van der Waals surface area contributed by atoms with Gasteiger partial charge in [0.1, 0.15) is 11.3 Å². The maximum absolute atomic E-state index is 12.1. The predicted molar refractivity (Wildman–Crippen MR) is 89.8 cm³/mol. The number of methoxy groups -OCH3 is 1. The zero-order valence-electron chi connectivity index (χ0n) is 13.5. The minimum Gasteiger partial charge on any atom is -0.496 e. The van der Waals surface area contributed by atoms with E-state index in [9.17, 15) is 9.59 Å². The third kappa shape index (κ3) is 5.17. The molecule has 2 N–H and O–H groups in total. The number of carbonyl (C=O) groups is 2. The standard InChI is InChI=1S/C16H21ClN2O4/c1-5-19(8-10(2)3)15(20)9-23-16(21)11-6-12(17)13(18)7-14(11)22-4/h6-7H,2,5,8-9,18H2,1,3-4H3. The molecule has 0 fully saturated rings. The van der Waals surface area contributed by atoms with E-state index in [1.54, 1.807) is 4.90 Å². The van der Waals surface area contributed by atoms with Gasteiger partial charge in [-0.3, -0.25) is 4.79 Å². The summed E-state index contributed by atoms with van der Waals surface area (Å²) in [6.45, 7) is 7.98. The molecule has 7 heteroatoms. The van der Waals surface area contributed by atoms with E-state index in [1.165, 1.54) is 19.2 Å². The molecule has 0 heterocycles. The number of halogens is 1. The number of benzene rings is 1. The molecule has 0 spiro atoms. The van der Waals surface area contributed by atoms with Gasteiger partial charge in [-0.1, -0.05) is 23.8 Å². The van der Waals surface area contributed by atoms with E-state index in [1.807, 2.05) is 13.8 Å². The molecule has 6 nitrogen and oxygen atoms in total. The second kappa shape index (κ2) is 8.43. The lowest BCUT2D eigenvalue weighted by Gasteiger charge is -2.20. The number of ether oxygens (including phenoxy) is 2. The summed E-state index contributed by atoms with van der Waals surface area (Å²) in [7, 11) is 1.40. The zero-order valence-corrected chi connectivity index (χ0v) is 14.3. The van der Waals surface area contributed by atoms with Crippen LogP contribution in [0.15, 0.2) is 24.3 Å². The molecular formula is C16H21ClN2O4. The minimum atomic E-state index is -0.705. The van der Waals surface area contributed by atoms with Crippen molar-refractivity contribution >= 4 is 29.2 Å². The molecule has 0 atom stereocenters. The molecule has 0 bridgehead atoms. The number of esters is 1. The van der Waals surface area contributed by atoms with Crippen molar-refractivity contribution in [2.24, 2.45) is 0 Å². The molecule has 0 saturated carbocycles. The highest BCUT2D eigenvalue weighted by Crippen LogP contribution is 2.29. The fourth-order valence-electron chi connectivity index (χ4n) is 1.90. The molecule has 0 saturated heterocycles. The van der Waals surface area contributed by atoms with Crippen molar-refractivity contribution in [1.82, 2.24) is 4.90 Å². The molecule has 0 radical (unpaired) electrons. The molecular weight excluding hydrogens is 320 g/mol. The van der Waals surface area contributed by atoms with Gasteiger partial charge in [-0.15, -0.1) is 0 Å². The van der Waals surface area contributed by atoms with E-state index in [2.05, 4.69) is 6.58 Å². The van der Waals surface area contributed by atoms with Crippen LogP contribution in [0.4, 0.5) is 5.69 Å². The van der Waals surface area contributed by atoms with Crippen molar-refractivity contribution in [1.29, 1.82) is 0 Å². The van der Waals surface area contributed by atoms with E-state index in [0.29, 0.717) is 13.1 Å². The van der Waals surface area contributed by atoms with Crippen LogP contribution < -0.4 is 10.5 Å². The Morgan fingerprint density at radius 3 is 2.57 bits per heavy atom. The summed E-state index contributed by atoms with van der Waals surface area (Å²) in [6.07, 6.45) is 0. The highest BCUT2D eigenvalue weighted by atomic mass is 35.5. The Hall–Kier alpha value is -2.21. The molecule has 1 aromatic carbocycles. The van der Waals surface area contributed by atoms with Gasteiger partial charge < -0.3 is 20.1 Å². The molecule has 0 aromatic heterocycles. The van der Waals surface area contributed by atoms with Crippen molar-refractivity contribution in [3.63, 3.8) is 0 Å². The Kier molecular flexibility index (Phi) is 6.90. The number of rotatable bonds is 7. The van der Waals surface area contributed by atoms with Crippen LogP contribution in [0.25, 0.3) is 0 Å². The lowest BCUT2D eigenvalue weighted by atomic mass is 10.2. The second-order valence-electron chi connectivity index (χ2n) is 5.02. The number of carbonyl (C=O) groups excluding carboxylic acids is 2. The zero-order chi connectivity index (χ0) is 17.6. The third-order valence-electron chi connectivity index (χ3n) is 3.06. The minimum absolute atomic E-state index is 0.113. The number of likely N-dealkylation sites (N-methyl/N-ethyl adjacent to an activating group) is 1. The Balaban J connectivity index is 2.79. The van der Waals surface area contributed by atoms with Gasteiger partial charge in [-0.2, -0.15) is 0 Å². The van der Waals surface area contributed by atoms with Crippen molar-refractivity contribution in [3.05, 3.63) is 34.9 Å². The molecule has 0 aliphatic carbocycles. The van der Waals surface area contributed by atoms with Crippen LogP contribution in [0.3, 0.4) is 0 Å². The van der Waals surface area contributed by atoms with Crippen LogP contribution in [0, 0.1) is 0 Å². The van der Waals surface area contributed by atoms with Gasteiger partial charge in [0, 0.05) is 19.2 Å². The highest BCUT2D eigenvalue weighted by Gasteiger charge is 2.19. The topological polar surface area (TPSA) is 81.9 Å². The van der Waals surface area contributed by atoms with E-state index in [-0.39, 0.29) is 34.5 Å². The lowest BCUT2D eigenvalue weighted by molar-refractivity contribution is -0.133. The average molecular weight is 341 g/mol. The lowest BCUT2D eigenvalue weighted by Crippen LogP contribution is -2.35. The monoisotopic (exact) mass is 340 g/mol. The van der Waals surface area contributed by atoms with E-state index in [0.717, 1.165) is 5.57 Å². The quantitative estimate of drug-likeness (QED) is 0.468. The molecule has 0 aliphatic rings. The van der Waals surface area contributed by atoms with Gasteiger partial charge >= 0.3 is 5.97 Å². The molecule has 0 aliphatic heterocycles. The summed E-state index contributed by atoms with van der Waals surface area (Å²) >= 11 is 5.91. The smallest absolute Gasteiger partial charge is 0.342 e. The van der Waals surface area contributed by atoms with Crippen LogP contribution in [0.1, 0.15) is 24.2 Å². The Morgan fingerprint density at radius 1 is 1.39 bits per heavy atom. The fourth-order valence-corrected chi connectivity index (χ4v) is 2.06. The molecule has 126 valence electrons. The van der Waals surface area contributed by atoms with E-state index < -0.39 is 5.97 Å². The Morgan fingerprint density at radius 2 is 2.04 bits per heavy atom. The average Bonchev–Trinajstić information content (AvgIpc) is 2.51. The van der Waals surface area contributed by atoms with Crippen molar-refractivity contribution < 1.29 is 19.1 Å². The van der Waals surface area contributed by atoms with Crippen molar-refractivity contribution in [2.75, 3.05) is 32.5 Å². The van der Waals surface area contributed by atoms with Gasteiger partial charge in [0.15, 0.2) is 6.61 Å². The first-order valence-corrected chi connectivity index (χ1v) is 7.40. The maximum Gasteiger partial charge on any atom is 0.342 e. The van der Waals surface area contributed by atoms with Crippen LogP contribution in [-0.4, -0.2) is 43.6 Å². The number of amides is 1. The van der Waals surface area contributed by atoms with Crippen LogP contribution in [0.5, 0.6) is 5.75 Å². The first-order chi connectivity index (χ1) is 10.8. The first kappa shape index (κ1) is 18.8. The number of nitrogen functional groups attached to an aromatic ring is 1. The van der Waals surface area contributed by atoms with Crippen LogP contribution >= 0.6 is 11.6 Å². The SMILES string of the molecule is C=C(C)CN(CC)C(=O)COC(=O)c1cc(Cl)c(N)cc1OC. The largest absolute Gasteiger partial charge is 0.496 e. The van der Waals surface area contributed by atoms with Crippen LogP contribution in [0.2, 0.25) is 5.02 Å². The van der Waals surface area contributed by atoms with Gasteiger partial charge in [0.25, 0.3) is 5.91 Å². The summed E-state index contributed by atoms with van der Waals surface area (Å²) < 4.78 is 10.1. The van der Waals surface area contributed by atoms with Gasteiger partial charge in [-0.05, 0) is 19.9 Å². The van der Waals surface area contributed by atoms with Gasteiger partial charge in [-0.25, -0.2) is 4.79 Å². The number of anilines is 1. The number of nitrogens with two attached hydrogens (primary N) is 1. The highest BCUT2D eigenvalue weighted by molar-refractivity contribution is 6.33. The Bertz CT molecular complexity index is 616. The second-order valence-corrected chi connectivity index (χ2v) is 5.42. The Labute approximate surface area is 140 Å². The summed E-state index contributed by atoms with van der Waals surface area (Å²) in [6, 6.07) is 2.79. The number of nitrogens with zero attached hydrogens (tertiary/aromatic N) is 1. The van der Waals surface area contributed by atoms with Gasteiger partial charge in [0.05, 0.1) is 17.8 Å². The van der Waals surface area contributed by atoms with Crippen molar-refractivity contribution in [3.8, 4) is 5.75 Å². The predicted octanol–water partition coefficient (Wildman–Crippen LogP) is 2.51. The molecule has 1 amide bonds. The fraction of sp³-hybridized carbons (Fsp3) is 0.375. The summed E-state index contributed by atoms with van der Waals surface area (Å²) in [5.74, 6) is -0.772. The third-order valence-corrected chi connectivity index (χ3v) is 3.39. The normalized spacial score (nSPS) is 10.1. The maximum atomic E-state index is 12.1. The van der Waals surface area contributed by atoms with Crippen molar-refractivity contribution in [2.45, 2.75) is 13.8 Å². The first-order valence-electron chi connectivity index (χ1n) is 7.02. The molecule has 0 unspecified atom stereocenters. The summed E-state index contributed by atoms with van der Waals surface area (Å²) in [4.78, 5) is 25.7.